The highest BCUT2D eigenvalue weighted by Crippen LogP contribution is 2.41. The molecule has 2 rings (SSSR count). The lowest BCUT2D eigenvalue weighted by molar-refractivity contribution is -0.384. The standard InChI is InChI=1S/C15H14F6N4O3/c1-24-7-6-23-12(24)13(26,15(19,20)21)4-5-22-10-3-2-9(14(16,17)18)8-11(10)25(27)28/h2-3,6-8,22,26H,4-5H2,1H3. The fraction of sp³-hybridized carbons (Fsp3) is 0.400. The first kappa shape index (κ1) is 21.5. The van der Waals surface area contributed by atoms with Crippen LogP contribution in [0.2, 0.25) is 0 Å². The molecule has 1 aromatic heterocycles. The molecule has 1 unspecified atom stereocenters. The summed E-state index contributed by atoms with van der Waals surface area (Å²) >= 11 is 0. The minimum atomic E-state index is -5.11. The molecule has 0 saturated heterocycles. The first-order valence-corrected chi connectivity index (χ1v) is 7.64. The summed E-state index contributed by atoms with van der Waals surface area (Å²) < 4.78 is 79.2. The van der Waals surface area contributed by atoms with Gasteiger partial charge in [0.15, 0.2) is 0 Å². The number of nitrogens with one attached hydrogen (secondary N) is 1. The van der Waals surface area contributed by atoms with Crippen LogP contribution in [0.1, 0.15) is 17.8 Å². The molecule has 0 aliphatic carbocycles. The minimum Gasteiger partial charge on any atom is -0.379 e. The highest BCUT2D eigenvalue weighted by molar-refractivity contribution is 5.63. The van der Waals surface area contributed by atoms with Crippen molar-refractivity contribution in [3.05, 3.63) is 52.1 Å². The molecular formula is C15H14F6N4O3. The van der Waals surface area contributed by atoms with E-state index in [0.29, 0.717) is 6.07 Å². The molecule has 0 aliphatic heterocycles. The molecule has 0 amide bonds. The Hall–Kier alpha value is -2.83. The van der Waals surface area contributed by atoms with Crippen LogP contribution in [0.4, 0.5) is 37.7 Å². The van der Waals surface area contributed by atoms with Gasteiger partial charge in [0.25, 0.3) is 5.69 Å². The lowest BCUT2D eigenvalue weighted by Gasteiger charge is -2.30. The smallest absolute Gasteiger partial charge is 0.379 e. The Morgan fingerprint density at radius 3 is 2.36 bits per heavy atom. The van der Waals surface area contributed by atoms with Crippen LogP contribution in [0.15, 0.2) is 30.6 Å². The second-order valence-electron chi connectivity index (χ2n) is 5.88. The minimum absolute atomic E-state index is 0.275. The van der Waals surface area contributed by atoms with Gasteiger partial charge in [0, 0.05) is 38.5 Å². The molecule has 1 atom stereocenters. The van der Waals surface area contributed by atoms with Crippen molar-refractivity contribution in [2.75, 3.05) is 11.9 Å². The van der Waals surface area contributed by atoms with E-state index in [1.807, 2.05) is 0 Å². The van der Waals surface area contributed by atoms with Crippen LogP contribution >= 0.6 is 0 Å². The van der Waals surface area contributed by atoms with E-state index in [9.17, 15) is 41.6 Å². The van der Waals surface area contributed by atoms with E-state index in [0.717, 1.165) is 16.8 Å². The molecule has 1 heterocycles. The van der Waals surface area contributed by atoms with Gasteiger partial charge in [0.1, 0.15) is 11.5 Å². The summed E-state index contributed by atoms with van der Waals surface area (Å²) in [5.74, 6) is -0.691. The molecule has 7 nitrogen and oxygen atoms in total. The fourth-order valence-electron chi connectivity index (χ4n) is 2.53. The third-order valence-corrected chi connectivity index (χ3v) is 3.98. The molecule has 28 heavy (non-hydrogen) atoms. The maximum Gasteiger partial charge on any atom is 0.424 e. The fourth-order valence-corrected chi connectivity index (χ4v) is 2.53. The number of halogens is 6. The van der Waals surface area contributed by atoms with Crippen molar-refractivity contribution in [3.63, 3.8) is 0 Å². The summed E-state index contributed by atoms with van der Waals surface area (Å²) in [4.78, 5) is 13.4. The maximum absolute atomic E-state index is 13.4. The highest BCUT2D eigenvalue weighted by Gasteiger charge is 2.57. The number of nitrogens with zero attached hydrogens (tertiary/aromatic N) is 3. The van der Waals surface area contributed by atoms with Crippen molar-refractivity contribution >= 4 is 11.4 Å². The van der Waals surface area contributed by atoms with Crippen molar-refractivity contribution in [1.82, 2.24) is 9.55 Å². The average molecular weight is 412 g/mol. The molecule has 2 aromatic rings. The summed E-state index contributed by atoms with van der Waals surface area (Å²) in [5, 5.41) is 23.4. The lowest BCUT2D eigenvalue weighted by Crippen LogP contribution is -2.45. The van der Waals surface area contributed by atoms with Crippen molar-refractivity contribution in [3.8, 4) is 0 Å². The summed E-state index contributed by atoms with van der Waals surface area (Å²) in [6.07, 6.45) is -8.67. The number of nitro groups is 1. The molecule has 154 valence electrons. The van der Waals surface area contributed by atoms with Crippen molar-refractivity contribution in [2.45, 2.75) is 24.4 Å². The largest absolute Gasteiger partial charge is 0.424 e. The van der Waals surface area contributed by atoms with E-state index in [1.54, 1.807) is 0 Å². The third kappa shape index (κ3) is 4.18. The molecule has 0 saturated carbocycles. The SMILES string of the molecule is Cn1ccnc1C(O)(CCNc1ccc(C(F)(F)F)cc1[N+](=O)[O-])C(F)(F)F. The number of nitro benzene ring substituents is 1. The molecule has 0 aliphatic rings. The van der Waals surface area contributed by atoms with Gasteiger partial charge in [0.05, 0.1) is 10.5 Å². The number of aromatic nitrogens is 2. The van der Waals surface area contributed by atoms with Crippen molar-refractivity contribution in [1.29, 1.82) is 0 Å². The number of hydrogen-bond donors (Lipinski definition) is 2. The predicted octanol–water partition coefficient (Wildman–Crippen LogP) is 3.60. The average Bonchev–Trinajstić information content (AvgIpc) is 2.99. The Balaban J connectivity index is 2.26. The molecule has 1 aromatic carbocycles. The van der Waals surface area contributed by atoms with E-state index >= 15 is 0 Å². The van der Waals surface area contributed by atoms with E-state index in [4.69, 9.17) is 0 Å². The predicted molar refractivity (Wildman–Crippen MR) is 84.4 cm³/mol. The van der Waals surface area contributed by atoms with Gasteiger partial charge in [-0.2, -0.15) is 26.3 Å². The number of aliphatic hydroxyl groups is 1. The van der Waals surface area contributed by atoms with Gasteiger partial charge in [-0.25, -0.2) is 4.98 Å². The Labute approximate surface area is 153 Å². The number of anilines is 1. The van der Waals surface area contributed by atoms with Crippen LogP contribution in [0, 0.1) is 10.1 Å². The van der Waals surface area contributed by atoms with E-state index in [-0.39, 0.29) is 6.07 Å². The monoisotopic (exact) mass is 412 g/mol. The summed E-state index contributed by atoms with van der Waals surface area (Å²) in [5.41, 5.74) is -6.01. The van der Waals surface area contributed by atoms with Crippen LogP contribution in [0.5, 0.6) is 0 Å². The van der Waals surface area contributed by atoms with Crippen LogP contribution < -0.4 is 5.32 Å². The van der Waals surface area contributed by atoms with Crippen LogP contribution in [-0.2, 0) is 18.8 Å². The molecule has 2 N–H and O–H groups in total. The number of benzene rings is 1. The van der Waals surface area contributed by atoms with Gasteiger partial charge in [-0.3, -0.25) is 10.1 Å². The van der Waals surface area contributed by atoms with Gasteiger partial charge in [-0.1, -0.05) is 0 Å². The molecule has 0 spiro atoms. The van der Waals surface area contributed by atoms with E-state index in [2.05, 4.69) is 10.3 Å². The first-order chi connectivity index (χ1) is 12.8. The topological polar surface area (TPSA) is 93.2 Å². The van der Waals surface area contributed by atoms with Crippen LogP contribution in [-0.4, -0.2) is 32.3 Å². The number of aryl methyl sites for hydroxylation is 1. The van der Waals surface area contributed by atoms with Gasteiger partial charge < -0.3 is 15.0 Å². The summed E-state index contributed by atoms with van der Waals surface area (Å²) in [6.45, 7) is -0.630. The normalized spacial score (nSPS) is 14.6. The summed E-state index contributed by atoms with van der Waals surface area (Å²) in [6, 6.07) is 1.58. The lowest BCUT2D eigenvalue weighted by atomic mass is 9.97. The number of alkyl halides is 6. The molecular weight excluding hydrogens is 398 g/mol. The number of hydrogen-bond acceptors (Lipinski definition) is 5. The summed E-state index contributed by atoms with van der Waals surface area (Å²) in [7, 11) is 1.24. The second kappa shape index (κ2) is 7.30. The Morgan fingerprint density at radius 2 is 1.89 bits per heavy atom. The Kier molecular flexibility index (Phi) is 5.59. The first-order valence-electron chi connectivity index (χ1n) is 7.64. The van der Waals surface area contributed by atoms with Gasteiger partial charge >= 0.3 is 12.4 Å². The highest BCUT2D eigenvalue weighted by atomic mass is 19.4. The third-order valence-electron chi connectivity index (χ3n) is 3.98. The second-order valence-corrected chi connectivity index (χ2v) is 5.88. The van der Waals surface area contributed by atoms with Gasteiger partial charge in [0.2, 0.25) is 5.60 Å². The zero-order valence-corrected chi connectivity index (χ0v) is 14.2. The van der Waals surface area contributed by atoms with E-state index in [1.165, 1.54) is 13.2 Å². The van der Waals surface area contributed by atoms with E-state index < -0.39 is 58.6 Å². The quantitative estimate of drug-likeness (QED) is 0.430. The zero-order valence-electron chi connectivity index (χ0n) is 14.2. The molecule has 0 fully saturated rings. The zero-order chi connectivity index (χ0) is 21.3. The van der Waals surface area contributed by atoms with Crippen LogP contribution in [0.3, 0.4) is 0 Å². The van der Waals surface area contributed by atoms with Gasteiger partial charge in [-0.05, 0) is 12.1 Å². The van der Waals surface area contributed by atoms with Crippen LogP contribution in [0.25, 0.3) is 0 Å². The van der Waals surface area contributed by atoms with Gasteiger partial charge in [-0.15, -0.1) is 0 Å². The maximum atomic E-state index is 13.4. The number of rotatable bonds is 6. The van der Waals surface area contributed by atoms with Crippen molar-refractivity contribution < 1.29 is 36.4 Å². The molecule has 0 radical (unpaired) electrons. The molecule has 0 bridgehead atoms. The Bertz CT molecular complexity index is 864. The Morgan fingerprint density at radius 1 is 1.25 bits per heavy atom. The van der Waals surface area contributed by atoms with Crippen molar-refractivity contribution in [2.24, 2.45) is 7.05 Å². The number of imidazole rings is 1. The molecule has 13 heteroatoms.